The van der Waals surface area contributed by atoms with Crippen LogP contribution in [0.15, 0.2) is 0 Å². The highest BCUT2D eigenvalue weighted by Crippen LogP contribution is 2.42. The smallest absolute Gasteiger partial charge is 0.426 e. The molecule has 0 radical (unpaired) electrons. The van der Waals surface area contributed by atoms with Crippen LogP contribution in [-0.2, 0) is 4.79 Å². The molecule has 2 atom stereocenters. The molecule has 1 saturated heterocycles. The fourth-order valence-corrected chi connectivity index (χ4v) is 4.09. The van der Waals surface area contributed by atoms with Gasteiger partial charge in [-0.15, -0.1) is 0 Å². The van der Waals surface area contributed by atoms with Crippen molar-refractivity contribution in [1.29, 1.82) is 0 Å². The average Bonchev–Trinajstić information content (AvgIpc) is 2.72. The number of nitrogens with two attached hydrogens (primary N) is 1. The average molecular weight is 298 g/mol. The highest BCUT2D eigenvalue weighted by Gasteiger charge is 2.46. The Labute approximate surface area is 129 Å². The molecule has 0 aromatic heterocycles. The van der Waals surface area contributed by atoms with E-state index in [1.54, 1.807) is 4.90 Å². The van der Waals surface area contributed by atoms with E-state index in [9.17, 15) is 14.8 Å². The van der Waals surface area contributed by atoms with Gasteiger partial charge in [0.05, 0.1) is 12.0 Å². The van der Waals surface area contributed by atoms with Gasteiger partial charge in [-0.1, -0.05) is 41.5 Å². The summed E-state index contributed by atoms with van der Waals surface area (Å²) in [6.45, 7) is 13.1. The lowest BCUT2D eigenvalue weighted by Crippen LogP contribution is -2.57. The van der Waals surface area contributed by atoms with Crippen molar-refractivity contribution in [2.24, 2.45) is 22.5 Å². The van der Waals surface area contributed by atoms with E-state index >= 15 is 0 Å². The maximum atomic E-state index is 12.8. The van der Waals surface area contributed by atoms with Gasteiger partial charge in [0, 0.05) is 6.54 Å². The Balaban J connectivity index is 2.99. The van der Waals surface area contributed by atoms with Crippen molar-refractivity contribution in [2.45, 2.75) is 66.4 Å². The third-order valence-electron chi connectivity index (χ3n) is 4.44. The molecule has 1 unspecified atom stereocenters. The highest BCUT2D eigenvalue weighted by atomic mass is 16.4. The summed E-state index contributed by atoms with van der Waals surface area (Å²) in [6, 6.07) is -0.635. The van der Waals surface area contributed by atoms with Gasteiger partial charge in [0.25, 0.3) is 0 Å². The zero-order chi connectivity index (χ0) is 16.6. The van der Waals surface area contributed by atoms with Crippen LogP contribution in [0.25, 0.3) is 0 Å². The zero-order valence-corrected chi connectivity index (χ0v) is 14.3. The van der Waals surface area contributed by atoms with Crippen LogP contribution in [0, 0.1) is 16.7 Å². The summed E-state index contributed by atoms with van der Waals surface area (Å²) in [4.78, 5) is 14.3. The van der Waals surface area contributed by atoms with Crippen LogP contribution >= 0.6 is 0 Å². The largest absolute Gasteiger partial charge is 0.475 e. The Kier molecular flexibility index (Phi) is 5.51. The van der Waals surface area contributed by atoms with Crippen LogP contribution in [0.1, 0.15) is 54.4 Å². The summed E-state index contributed by atoms with van der Waals surface area (Å²) in [5.74, 6) is -0.695. The van der Waals surface area contributed by atoms with E-state index in [1.165, 1.54) is 0 Å². The number of likely N-dealkylation sites (tertiary alicyclic amines) is 1. The zero-order valence-electron chi connectivity index (χ0n) is 14.3. The van der Waals surface area contributed by atoms with E-state index in [1.807, 2.05) is 0 Å². The van der Waals surface area contributed by atoms with E-state index in [2.05, 4.69) is 41.5 Å². The number of rotatable bonds is 3. The van der Waals surface area contributed by atoms with Crippen LogP contribution < -0.4 is 5.73 Å². The van der Waals surface area contributed by atoms with Crippen molar-refractivity contribution < 1.29 is 14.8 Å². The monoisotopic (exact) mass is 298 g/mol. The molecule has 0 spiro atoms. The molecule has 4 N–H and O–H groups in total. The Bertz CT molecular complexity index is 360. The first-order valence-electron chi connectivity index (χ1n) is 7.79. The minimum atomic E-state index is -1.49. The summed E-state index contributed by atoms with van der Waals surface area (Å²) in [5, 5.41) is 18.9. The van der Waals surface area contributed by atoms with Gasteiger partial charge in [0.1, 0.15) is 0 Å². The van der Waals surface area contributed by atoms with Crippen molar-refractivity contribution >= 4 is 13.0 Å². The third-order valence-corrected chi connectivity index (χ3v) is 4.44. The second-order valence-corrected chi connectivity index (χ2v) is 8.39. The summed E-state index contributed by atoms with van der Waals surface area (Å²) >= 11 is 0. The molecule has 122 valence electrons. The van der Waals surface area contributed by atoms with Gasteiger partial charge in [-0.2, -0.15) is 0 Å². The summed E-state index contributed by atoms with van der Waals surface area (Å²) in [7, 11) is -1.49. The number of nitrogens with zero attached hydrogens (tertiary/aromatic N) is 1. The maximum absolute atomic E-state index is 12.8. The van der Waals surface area contributed by atoms with Crippen molar-refractivity contribution in [2.75, 3.05) is 6.54 Å². The summed E-state index contributed by atoms with van der Waals surface area (Å²) in [5.41, 5.74) is 6.10. The molecular weight excluding hydrogens is 267 g/mol. The number of carbonyl (C=O) groups is 1. The van der Waals surface area contributed by atoms with E-state index in [0.717, 1.165) is 6.42 Å². The lowest BCUT2D eigenvalue weighted by atomic mass is 9.63. The first kappa shape index (κ1) is 18.5. The van der Waals surface area contributed by atoms with Crippen molar-refractivity contribution in [1.82, 2.24) is 4.90 Å². The van der Waals surface area contributed by atoms with Gasteiger partial charge in [-0.05, 0) is 29.6 Å². The molecule has 5 nitrogen and oxygen atoms in total. The van der Waals surface area contributed by atoms with Gasteiger partial charge in [-0.3, -0.25) is 4.79 Å². The summed E-state index contributed by atoms with van der Waals surface area (Å²) < 4.78 is 0. The molecule has 0 bridgehead atoms. The van der Waals surface area contributed by atoms with E-state index in [0.29, 0.717) is 13.0 Å². The SMILES string of the molecule is CC(C)(C)C([C@H](N)C(=O)N1CCCC1B(O)O)C(C)(C)C. The molecule has 1 fully saturated rings. The predicted octanol–water partition coefficient (Wildman–Crippen LogP) is 1.03. The van der Waals surface area contributed by atoms with Crippen molar-refractivity contribution in [3.63, 3.8) is 0 Å². The first-order valence-corrected chi connectivity index (χ1v) is 7.79. The van der Waals surface area contributed by atoms with Gasteiger partial charge in [0.15, 0.2) is 0 Å². The Morgan fingerprint density at radius 3 is 2.05 bits per heavy atom. The maximum Gasteiger partial charge on any atom is 0.475 e. The molecule has 0 aromatic carbocycles. The molecule has 0 saturated carbocycles. The van der Waals surface area contributed by atoms with Crippen molar-refractivity contribution in [3.8, 4) is 0 Å². The van der Waals surface area contributed by atoms with E-state index in [-0.39, 0.29) is 22.7 Å². The molecule has 0 aliphatic carbocycles. The van der Waals surface area contributed by atoms with Crippen LogP contribution in [0.3, 0.4) is 0 Å². The van der Waals surface area contributed by atoms with Crippen molar-refractivity contribution in [3.05, 3.63) is 0 Å². The standard InChI is InChI=1S/C15H31BN2O3/c1-14(2,3)12(15(4,5)6)11(17)13(19)18-9-7-8-10(18)16(20)21/h10-12,20-21H,7-9,17H2,1-6H3/t10?,11-/m0/s1. The van der Waals surface area contributed by atoms with Gasteiger partial charge in [-0.25, -0.2) is 0 Å². The number of amides is 1. The molecule has 1 rings (SSSR count). The fourth-order valence-electron chi connectivity index (χ4n) is 4.09. The predicted molar refractivity (Wildman–Crippen MR) is 85.3 cm³/mol. The second kappa shape index (κ2) is 6.27. The van der Waals surface area contributed by atoms with Gasteiger partial charge < -0.3 is 20.7 Å². The lowest BCUT2D eigenvalue weighted by molar-refractivity contribution is -0.137. The number of carbonyl (C=O) groups excluding carboxylic acids is 1. The topological polar surface area (TPSA) is 86.8 Å². The number of hydrogen-bond acceptors (Lipinski definition) is 4. The molecule has 6 heteroatoms. The highest BCUT2D eigenvalue weighted by molar-refractivity contribution is 6.43. The van der Waals surface area contributed by atoms with Crippen LogP contribution in [-0.4, -0.2) is 46.5 Å². The molecule has 1 amide bonds. The fraction of sp³-hybridized carbons (Fsp3) is 0.933. The van der Waals surface area contributed by atoms with Crippen LogP contribution in [0.5, 0.6) is 0 Å². The molecule has 1 heterocycles. The van der Waals surface area contributed by atoms with Gasteiger partial charge in [0.2, 0.25) is 5.91 Å². The minimum Gasteiger partial charge on any atom is -0.426 e. The molecule has 0 aromatic rings. The molecule has 21 heavy (non-hydrogen) atoms. The van der Waals surface area contributed by atoms with E-state index < -0.39 is 19.1 Å². The molecule has 1 aliphatic rings. The molecule has 1 aliphatic heterocycles. The lowest BCUT2D eigenvalue weighted by Gasteiger charge is -2.45. The Hall–Kier alpha value is -0.585. The van der Waals surface area contributed by atoms with Gasteiger partial charge >= 0.3 is 7.12 Å². The van der Waals surface area contributed by atoms with E-state index in [4.69, 9.17) is 5.73 Å². The normalized spacial score (nSPS) is 21.8. The minimum absolute atomic E-state index is 0.00501. The quantitative estimate of drug-likeness (QED) is 0.679. The Morgan fingerprint density at radius 1 is 1.19 bits per heavy atom. The third kappa shape index (κ3) is 4.21. The Morgan fingerprint density at radius 2 is 1.67 bits per heavy atom. The second-order valence-electron chi connectivity index (χ2n) is 8.39. The van der Waals surface area contributed by atoms with Crippen LogP contribution in [0.4, 0.5) is 0 Å². The molecular formula is C15H31BN2O3. The first-order chi connectivity index (χ1) is 9.37. The van der Waals surface area contributed by atoms with Crippen LogP contribution in [0.2, 0.25) is 0 Å². The number of hydrogen-bond donors (Lipinski definition) is 3. The summed E-state index contributed by atoms with van der Waals surface area (Å²) in [6.07, 6.45) is 1.41.